The van der Waals surface area contributed by atoms with Gasteiger partial charge in [0.05, 0.1) is 49.9 Å². The van der Waals surface area contributed by atoms with Crippen LogP contribution in [-0.4, -0.2) is 303 Å². The van der Waals surface area contributed by atoms with Crippen LogP contribution < -0.4 is 22.7 Å². The SMILES string of the molecule is CCO.CCOC(=O)C(Cl)C=O.CCOC(=O)c1cnc2ccc(Cl)nn12.CN1CCCCC1.CN1CCN(C(=O)c2cnc3ccc(-c4ccc5oc(N)nc5c4)nn23)CC1.CN1CCN(C(=O)c2cnc3ccc(Cl)nn23)CC1.Nc1ccc(Cl)nn1.Nc1nc2cc([B]O)ccc2o1.O.O=C(Cl)c1cnc2ccc(Cl)nn12.O=C(O)c1cnc2ccc(Cl)nn12.O=S(Cl)Cl. The number of aldehydes is 1. The topological polar surface area (TPSA) is 570 Å². The number of piperidine rings is 1. The van der Waals surface area contributed by atoms with Crippen LogP contribution in [0.4, 0.5) is 17.8 Å². The highest BCUT2D eigenvalue weighted by Gasteiger charge is 2.27. The summed E-state index contributed by atoms with van der Waals surface area (Å²) in [4.78, 5) is 117. The van der Waals surface area contributed by atoms with Crippen LogP contribution in [0.3, 0.4) is 0 Å². The average molecular weight is 2020 g/mol. The Labute approximate surface area is 797 Å². The monoisotopic (exact) mass is 2010 g/mol. The molecule has 0 saturated carbocycles. The van der Waals surface area contributed by atoms with Gasteiger partial charge >= 0.3 is 25.4 Å². The van der Waals surface area contributed by atoms with Gasteiger partial charge in [-0.2, -0.15) is 35.5 Å². The highest BCUT2D eigenvalue weighted by molar-refractivity contribution is 8.26. The van der Waals surface area contributed by atoms with Crippen molar-refractivity contribution >= 4 is 234 Å². The lowest BCUT2D eigenvalue weighted by Gasteiger charge is -2.32. The largest absolute Gasteiger partial charge is 0.476 e. The maximum absolute atomic E-state index is 13.0. The van der Waals surface area contributed by atoms with Gasteiger partial charge in [0.2, 0.25) is 9.23 Å². The summed E-state index contributed by atoms with van der Waals surface area (Å²) in [6.45, 7) is 14.9. The van der Waals surface area contributed by atoms with Gasteiger partial charge in [0.25, 0.3) is 29.1 Å². The second-order valence-corrected chi connectivity index (χ2v) is 32.3. The minimum Gasteiger partial charge on any atom is -0.476 e. The number of aliphatic hydroxyl groups excluding tert-OH is 1. The summed E-state index contributed by atoms with van der Waals surface area (Å²) in [5, 5.41) is 52.1. The number of ether oxygens (including phenoxy) is 2. The summed E-state index contributed by atoms with van der Waals surface area (Å²) < 4.78 is 35.6. The molecule has 3 aliphatic rings. The van der Waals surface area contributed by atoms with E-state index in [1.54, 1.807) is 117 Å². The molecule has 1 unspecified atom stereocenters. The molecule has 18 rings (SSSR count). The Morgan fingerprint density at radius 1 is 0.508 bits per heavy atom. The number of fused-ring (bicyclic) bond motifs is 7. The predicted octanol–water partition coefficient (Wildman–Crippen LogP) is 8.71. The molecule has 0 spiro atoms. The van der Waals surface area contributed by atoms with Gasteiger partial charge in [-0.3, -0.25) is 14.4 Å². The number of aliphatic hydroxyl groups is 1. The van der Waals surface area contributed by atoms with Crippen molar-refractivity contribution in [2.24, 2.45) is 0 Å². The van der Waals surface area contributed by atoms with Gasteiger partial charge in [0.15, 0.2) is 72.7 Å². The number of aromatic nitrogens is 19. The van der Waals surface area contributed by atoms with E-state index in [9.17, 15) is 33.6 Å². The highest BCUT2D eigenvalue weighted by atomic mass is 36.0. The predicted molar refractivity (Wildman–Crippen MR) is 500 cm³/mol. The van der Waals surface area contributed by atoms with E-state index in [1.165, 1.54) is 69.0 Å². The summed E-state index contributed by atoms with van der Waals surface area (Å²) in [5.74, 6) is -1.94. The highest BCUT2D eigenvalue weighted by Crippen LogP contribution is 2.26. The zero-order valence-electron chi connectivity index (χ0n) is 70.8. The molecule has 3 saturated heterocycles. The van der Waals surface area contributed by atoms with Crippen LogP contribution in [0.25, 0.3) is 61.7 Å². The number of alkyl halides is 1. The van der Waals surface area contributed by atoms with E-state index in [2.05, 4.69) is 133 Å². The Hall–Kier alpha value is -11.8. The molecule has 43 nitrogen and oxygen atoms in total. The number of carboxylic acid groups (broad SMARTS) is 1. The lowest BCUT2D eigenvalue weighted by atomic mass is 9.89. The molecular formula is C78H86BCl9N27O16S. The van der Waals surface area contributed by atoms with Crippen molar-refractivity contribution in [3.8, 4) is 11.3 Å². The first kappa shape index (κ1) is 107. The number of rotatable bonds is 11. The molecule has 16 heterocycles. The summed E-state index contributed by atoms with van der Waals surface area (Å²) in [6, 6.07) is 30.9. The maximum atomic E-state index is 13.0. The molecule has 701 valence electrons. The van der Waals surface area contributed by atoms with Crippen LogP contribution in [-0.2, 0) is 28.3 Å². The normalized spacial score (nSPS) is 13.1. The van der Waals surface area contributed by atoms with Crippen LogP contribution in [0, 0.1) is 0 Å². The Morgan fingerprint density at radius 3 is 1.28 bits per heavy atom. The van der Waals surface area contributed by atoms with Crippen LogP contribution >= 0.6 is 103 Å². The number of anilines is 3. The number of oxazole rings is 2. The third-order valence-corrected chi connectivity index (χ3v) is 19.2. The van der Waals surface area contributed by atoms with Crippen LogP contribution in [0.2, 0.25) is 25.8 Å². The minimum atomic E-state index is -1.67. The first-order valence-electron chi connectivity index (χ1n) is 38.9. The maximum Gasteiger partial charge on any atom is 0.358 e. The number of aromatic carboxylic acids is 1. The summed E-state index contributed by atoms with van der Waals surface area (Å²) in [6.07, 6.45) is 11.8. The number of nitrogens with two attached hydrogens (primary N) is 3. The Balaban J connectivity index is 0.000000207. The Morgan fingerprint density at radius 2 is 0.886 bits per heavy atom. The van der Waals surface area contributed by atoms with E-state index in [0.717, 1.165) is 52.3 Å². The molecule has 3 aliphatic heterocycles. The smallest absolute Gasteiger partial charge is 0.358 e. The van der Waals surface area contributed by atoms with E-state index in [0.29, 0.717) is 120 Å². The number of piperazine rings is 2. The number of carbonyl (C=O) groups excluding carboxylic acids is 6. The third-order valence-electron chi connectivity index (χ3n) is 17.7. The number of hydrogen-bond donors (Lipinski definition) is 6. The minimum absolute atomic E-state index is 0. The zero-order chi connectivity index (χ0) is 95.5. The second-order valence-electron chi connectivity index (χ2n) is 27.0. The number of halogens is 9. The summed E-state index contributed by atoms with van der Waals surface area (Å²) in [7, 11) is 14.7. The molecule has 13 aromatic heterocycles. The number of nitrogen functional groups attached to an aromatic ring is 3. The van der Waals surface area contributed by atoms with Gasteiger partial charge in [-0.05, 0) is 183 Å². The Bertz CT molecular complexity index is 6240. The van der Waals surface area contributed by atoms with E-state index in [1.807, 2.05) is 40.1 Å². The van der Waals surface area contributed by atoms with Crippen molar-refractivity contribution in [1.29, 1.82) is 0 Å². The molecule has 15 aromatic rings. The van der Waals surface area contributed by atoms with Crippen molar-refractivity contribution in [3.63, 3.8) is 0 Å². The molecule has 0 bridgehead atoms. The van der Waals surface area contributed by atoms with Crippen molar-refractivity contribution in [2.45, 2.75) is 45.4 Å². The van der Waals surface area contributed by atoms with Crippen molar-refractivity contribution in [3.05, 3.63) is 194 Å². The number of amides is 2. The number of carbonyl (C=O) groups is 7. The Kier molecular flexibility index (Phi) is 43.6. The molecule has 54 heteroatoms. The fourth-order valence-electron chi connectivity index (χ4n) is 11.5. The van der Waals surface area contributed by atoms with E-state index >= 15 is 0 Å². The van der Waals surface area contributed by atoms with Gasteiger partial charge in [0, 0.05) is 85.9 Å². The fraction of sp³-hybridized carbons (Fsp3) is 0.295. The second kappa shape index (κ2) is 53.7. The molecule has 11 N–H and O–H groups in total. The van der Waals surface area contributed by atoms with Crippen LogP contribution in [0.1, 0.15) is 92.5 Å². The standard InChI is InChI=1S/C19H19N7O2.C12H14ClN5O.C9H8ClN3O2.C7H6BN2O2.C7H3Cl2N3O.C7H4ClN3O2.C6H13N.C5H7ClO3.C4H4ClN3.C2H6O.Cl2OS.H2O/c1-24-6-8-25(9-7-24)18(27)15-11-21-17-5-3-13(23-26(15)17)12-2-4-16-14(10-12)22-19(20)28-16;1-16-4-6-17(7-5-16)12(19)9-8-14-11-3-2-10(13)15-18(9)11;1-2-15-9(14)6-5-11-8-4-3-7(10)12-13(6)8;9-7-10-5-3-4(8-11)1-2-6(5)12-7;8-5-1-2-6-10-3-4(7(9)13)12(6)11-5;8-5-1-2-6-9-3-4(7(12)13)11(6)10-5;1-7-5-3-2-4-6-7;1-2-9-5(8)4(6)3-7;5-3-1-2-4(6)8-7-3;1-2-3;1-4(2)3;/h2-5,10-11H,6-9H2,1H3,(H2,20,22);2-3,8H,4-7H2,1H3;3-5H,2H2,1H3;1-3,11H,(H2,9,10);1-3H;1-3H,(H,12,13);2-6H2,1H3;3-4H,2H2,1H3;1-2H,(H2,6,8);3H,2H2,1H3;;1H2. The van der Waals surface area contributed by atoms with Crippen molar-refractivity contribution < 1.29 is 76.8 Å². The van der Waals surface area contributed by atoms with Crippen molar-refractivity contribution in [2.75, 3.05) is 124 Å². The lowest BCUT2D eigenvalue weighted by Crippen LogP contribution is -2.47. The molecule has 0 aliphatic carbocycles. The first-order chi connectivity index (χ1) is 62.6. The zero-order valence-corrected chi connectivity index (χ0v) is 78.5. The number of carboxylic acids is 1. The molecule has 1 radical (unpaired) electrons. The third kappa shape index (κ3) is 32.3. The van der Waals surface area contributed by atoms with Gasteiger partial charge in [-0.25, -0.2) is 66.1 Å². The van der Waals surface area contributed by atoms with Gasteiger partial charge in [0.1, 0.15) is 49.4 Å². The average Bonchev–Trinajstić information content (AvgIpc) is 1.64. The number of imidazole rings is 5. The molecule has 2 aromatic carbocycles. The van der Waals surface area contributed by atoms with E-state index in [-0.39, 0.29) is 69.9 Å². The van der Waals surface area contributed by atoms with Gasteiger partial charge < -0.3 is 85.5 Å². The first-order valence-corrected chi connectivity index (χ1v) is 44.4. The molecule has 3 fully saturated rings. The number of benzene rings is 2. The van der Waals surface area contributed by atoms with Crippen LogP contribution in [0.5, 0.6) is 0 Å². The molecular weight excluding hydrogens is 1930 g/mol. The number of esters is 2. The quantitative estimate of drug-likeness (QED) is 0.0176. The van der Waals surface area contributed by atoms with E-state index in [4.69, 9.17) is 131 Å². The number of hydrogen-bond acceptors (Lipinski definition) is 34. The molecule has 2 amide bonds. The number of likely N-dealkylation sites (tertiary alicyclic amines) is 1. The molecule has 132 heavy (non-hydrogen) atoms. The number of likely N-dealkylation sites (N-methyl/N-ethyl adjacent to an activating group) is 2. The number of nitrogens with zero attached hydrogens (tertiary/aromatic N) is 24. The van der Waals surface area contributed by atoms with Crippen LogP contribution in [0.15, 0.2) is 149 Å². The van der Waals surface area contributed by atoms with Gasteiger partial charge in [-0.15, -0.1) is 21.8 Å². The van der Waals surface area contributed by atoms with Gasteiger partial charge in [-0.1, -0.05) is 76.0 Å². The lowest BCUT2D eigenvalue weighted by molar-refractivity contribution is -0.143. The van der Waals surface area contributed by atoms with E-state index < -0.39 is 37.8 Å². The van der Waals surface area contributed by atoms with Crippen molar-refractivity contribution in [1.82, 2.24) is 118 Å². The fourth-order valence-corrected chi connectivity index (χ4v) is 12.3. The summed E-state index contributed by atoms with van der Waals surface area (Å²) >= 11 is 38.6. The summed E-state index contributed by atoms with van der Waals surface area (Å²) in [5.41, 5.74) is 25.2. The molecule has 1 atom stereocenters.